The van der Waals surface area contributed by atoms with E-state index < -0.39 is 11.5 Å². The summed E-state index contributed by atoms with van der Waals surface area (Å²) >= 11 is 0. The fourth-order valence-corrected chi connectivity index (χ4v) is 9.88. The first kappa shape index (κ1) is 22.1. The van der Waals surface area contributed by atoms with Crippen molar-refractivity contribution in [3.05, 3.63) is 24.2 Å². The molecule has 3 heterocycles. The maximum Gasteiger partial charge on any atom is 0.305 e. The first-order valence-corrected chi connectivity index (χ1v) is 12.7. The zero-order valence-electron chi connectivity index (χ0n) is 20.5. The number of carbonyl (C=O) groups excluding carboxylic acids is 1. The molecule has 1 aromatic rings. The SMILES string of the molecule is COC(=O)C[C@H]1[C@]2(C)[C@@H]3[C@H](C)[C@H](c4ccoc4)C[C@H]3O[C@@H]2[C@@H]2OC[C@]3(C)CC[C@H](O)[C@@]1(C)[C@@H]23. The number of esters is 1. The average Bonchev–Trinajstić information content (AvgIpc) is 3.54. The highest BCUT2D eigenvalue weighted by atomic mass is 16.6. The van der Waals surface area contributed by atoms with Gasteiger partial charge in [-0.25, -0.2) is 0 Å². The van der Waals surface area contributed by atoms with Crippen LogP contribution in [0.2, 0.25) is 0 Å². The van der Waals surface area contributed by atoms with Crippen molar-refractivity contribution in [2.75, 3.05) is 13.7 Å². The molecule has 0 bridgehead atoms. The van der Waals surface area contributed by atoms with Gasteiger partial charge in [-0.1, -0.05) is 27.7 Å². The van der Waals surface area contributed by atoms with E-state index in [1.54, 1.807) is 6.26 Å². The van der Waals surface area contributed by atoms with E-state index in [-0.39, 0.29) is 52.9 Å². The topological polar surface area (TPSA) is 78.1 Å². The summed E-state index contributed by atoms with van der Waals surface area (Å²) in [6, 6.07) is 2.07. The molecule has 0 radical (unpaired) electrons. The molecular weight excluding hydrogens is 420 g/mol. The molecule has 2 aliphatic heterocycles. The summed E-state index contributed by atoms with van der Waals surface area (Å²) in [7, 11) is 1.47. The van der Waals surface area contributed by atoms with Crippen molar-refractivity contribution in [2.45, 2.75) is 83.7 Å². The summed E-state index contributed by atoms with van der Waals surface area (Å²) in [5.41, 5.74) is 0.503. The summed E-state index contributed by atoms with van der Waals surface area (Å²) in [4.78, 5) is 12.8. The number of methoxy groups -OCH3 is 1. The highest BCUT2D eigenvalue weighted by Gasteiger charge is 2.77. The second-order valence-corrected chi connectivity index (χ2v) is 12.4. The molecule has 0 unspecified atom stereocenters. The highest BCUT2D eigenvalue weighted by molar-refractivity contribution is 5.70. The Morgan fingerprint density at radius 3 is 2.76 bits per heavy atom. The van der Waals surface area contributed by atoms with Gasteiger partial charge in [-0.3, -0.25) is 4.79 Å². The standard InChI is InChI=1S/C27H38O6/c1-14-16(15-7-9-31-12-15)10-17-21(14)27(4)18(11-20(29)30-5)26(3)19(28)6-8-25(2)13-32-22(23(25)26)24(27)33-17/h7,9,12,14,16-19,21-24,28H,6,8,10-11,13H2,1-5H3/t14-,16-,17-,18-,19+,21-,22-,23+,24-,25+,26+,27-/m1/s1. The van der Waals surface area contributed by atoms with E-state index in [9.17, 15) is 9.90 Å². The predicted octanol–water partition coefficient (Wildman–Crippen LogP) is 4.17. The molecule has 33 heavy (non-hydrogen) atoms. The highest BCUT2D eigenvalue weighted by Crippen LogP contribution is 2.74. The molecule has 2 saturated heterocycles. The van der Waals surface area contributed by atoms with Crippen LogP contribution in [0.5, 0.6) is 0 Å². The molecule has 12 atom stereocenters. The summed E-state index contributed by atoms with van der Waals surface area (Å²) in [5, 5.41) is 11.6. The Balaban J connectivity index is 1.48. The molecule has 5 aliphatic rings. The lowest BCUT2D eigenvalue weighted by atomic mass is 9.39. The van der Waals surface area contributed by atoms with E-state index in [0.717, 1.165) is 19.3 Å². The van der Waals surface area contributed by atoms with E-state index in [0.29, 0.717) is 24.9 Å². The molecule has 3 saturated carbocycles. The quantitative estimate of drug-likeness (QED) is 0.685. The van der Waals surface area contributed by atoms with Gasteiger partial charge in [-0.2, -0.15) is 0 Å². The molecule has 3 aliphatic carbocycles. The Bertz CT molecular complexity index is 929. The zero-order chi connectivity index (χ0) is 23.3. The van der Waals surface area contributed by atoms with Crippen LogP contribution >= 0.6 is 0 Å². The van der Waals surface area contributed by atoms with Gasteiger partial charge in [0.05, 0.1) is 50.7 Å². The Kier molecular flexibility index (Phi) is 4.74. The molecule has 6 nitrogen and oxygen atoms in total. The van der Waals surface area contributed by atoms with Gasteiger partial charge in [0.2, 0.25) is 0 Å². The minimum Gasteiger partial charge on any atom is -0.472 e. The minimum absolute atomic E-state index is 0.000348. The fraction of sp³-hybridized carbons (Fsp3) is 0.815. The van der Waals surface area contributed by atoms with Crippen LogP contribution in [0.25, 0.3) is 0 Å². The summed E-state index contributed by atoms with van der Waals surface area (Å²) in [5.74, 6) is 0.946. The number of aliphatic hydroxyl groups excluding tert-OH is 1. The van der Waals surface area contributed by atoms with Crippen molar-refractivity contribution in [2.24, 2.45) is 39.9 Å². The lowest BCUT2D eigenvalue weighted by Gasteiger charge is -2.65. The van der Waals surface area contributed by atoms with Gasteiger partial charge in [-0.05, 0) is 60.0 Å². The van der Waals surface area contributed by atoms with Gasteiger partial charge >= 0.3 is 5.97 Å². The van der Waals surface area contributed by atoms with Gasteiger partial charge < -0.3 is 23.7 Å². The van der Waals surface area contributed by atoms with E-state index in [2.05, 4.69) is 33.8 Å². The Morgan fingerprint density at radius 1 is 1.27 bits per heavy atom. The van der Waals surface area contributed by atoms with Crippen LogP contribution < -0.4 is 0 Å². The average molecular weight is 459 g/mol. The van der Waals surface area contributed by atoms with Crippen molar-refractivity contribution in [1.82, 2.24) is 0 Å². The maximum atomic E-state index is 12.8. The molecule has 6 rings (SSSR count). The molecule has 1 aromatic heterocycles. The summed E-state index contributed by atoms with van der Waals surface area (Å²) < 4.78 is 24.2. The molecular formula is C27H38O6. The number of furan rings is 1. The van der Waals surface area contributed by atoms with Crippen molar-refractivity contribution < 1.29 is 28.5 Å². The second-order valence-electron chi connectivity index (χ2n) is 12.4. The van der Waals surface area contributed by atoms with E-state index >= 15 is 0 Å². The molecule has 0 aromatic carbocycles. The third kappa shape index (κ3) is 2.63. The van der Waals surface area contributed by atoms with Gasteiger partial charge in [0.15, 0.2) is 0 Å². The van der Waals surface area contributed by atoms with Crippen LogP contribution in [-0.4, -0.2) is 49.2 Å². The fourth-order valence-electron chi connectivity index (χ4n) is 9.88. The van der Waals surface area contributed by atoms with Gasteiger partial charge in [0.1, 0.15) is 0 Å². The van der Waals surface area contributed by atoms with Crippen molar-refractivity contribution >= 4 is 5.97 Å². The Hall–Kier alpha value is -1.37. The number of rotatable bonds is 3. The van der Waals surface area contributed by atoms with Crippen LogP contribution in [0, 0.1) is 39.9 Å². The van der Waals surface area contributed by atoms with Crippen molar-refractivity contribution in [3.63, 3.8) is 0 Å². The zero-order valence-corrected chi connectivity index (χ0v) is 20.5. The molecule has 182 valence electrons. The molecule has 5 fully saturated rings. The number of hydrogen-bond donors (Lipinski definition) is 1. The van der Waals surface area contributed by atoms with Crippen LogP contribution in [0.1, 0.15) is 64.9 Å². The number of hydrogen-bond acceptors (Lipinski definition) is 6. The van der Waals surface area contributed by atoms with Crippen molar-refractivity contribution in [1.29, 1.82) is 0 Å². The minimum atomic E-state index is -0.465. The van der Waals surface area contributed by atoms with Crippen LogP contribution in [-0.2, 0) is 19.0 Å². The van der Waals surface area contributed by atoms with Crippen LogP contribution in [0.3, 0.4) is 0 Å². The summed E-state index contributed by atoms with van der Waals surface area (Å²) in [6.45, 7) is 9.91. The third-order valence-electron chi connectivity index (χ3n) is 11.2. The third-order valence-corrected chi connectivity index (χ3v) is 11.2. The monoisotopic (exact) mass is 458 g/mol. The number of fused-ring (bicyclic) bond motifs is 4. The van der Waals surface area contributed by atoms with Crippen LogP contribution in [0.15, 0.2) is 23.0 Å². The number of aliphatic hydroxyl groups is 1. The molecule has 0 amide bonds. The summed E-state index contributed by atoms with van der Waals surface area (Å²) in [6.07, 6.45) is 6.12. The largest absolute Gasteiger partial charge is 0.472 e. The second kappa shape index (κ2) is 7.08. The smallest absolute Gasteiger partial charge is 0.305 e. The van der Waals surface area contributed by atoms with E-state index in [1.165, 1.54) is 12.7 Å². The lowest BCUT2D eigenvalue weighted by molar-refractivity contribution is -0.236. The van der Waals surface area contributed by atoms with E-state index in [1.807, 2.05) is 6.26 Å². The first-order chi connectivity index (χ1) is 15.7. The maximum absolute atomic E-state index is 12.8. The van der Waals surface area contributed by atoms with Gasteiger partial charge in [-0.15, -0.1) is 0 Å². The first-order valence-electron chi connectivity index (χ1n) is 12.7. The number of carbonyl (C=O) groups is 1. The van der Waals surface area contributed by atoms with Gasteiger partial charge in [0.25, 0.3) is 0 Å². The van der Waals surface area contributed by atoms with Crippen LogP contribution in [0.4, 0.5) is 0 Å². The normalized spacial score (nSPS) is 54.5. The Morgan fingerprint density at radius 2 is 2.06 bits per heavy atom. The molecule has 1 N–H and O–H groups in total. The molecule has 6 heteroatoms. The molecule has 0 spiro atoms. The van der Waals surface area contributed by atoms with E-state index in [4.69, 9.17) is 18.6 Å². The lowest BCUT2D eigenvalue weighted by Crippen LogP contribution is -2.69. The number of ether oxygens (including phenoxy) is 3. The van der Waals surface area contributed by atoms with Gasteiger partial charge in [0, 0.05) is 23.2 Å². The van der Waals surface area contributed by atoms with Crippen molar-refractivity contribution in [3.8, 4) is 0 Å². The predicted molar refractivity (Wildman–Crippen MR) is 120 cm³/mol. The Labute approximate surface area is 196 Å².